The van der Waals surface area contributed by atoms with E-state index < -0.39 is 0 Å². The van der Waals surface area contributed by atoms with Gasteiger partial charge in [-0.15, -0.1) is 0 Å². The highest BCUT2D eigenvalue weighted by Gasteiger charge is 2.04. The van der Waals surface area contributed by atoms with Gasteiger partial charge in [0.25, 0.3) is 0 Å². The third-order valence-electron chi connectivity index (χ3n) is 1.99. The fourth-order valence-electron chi connectivity index (χ4n) is 1.27. The molecule has 0 aliphatic carbocycles. The predicted octanol–water partition coefficient (Wildman–Crippen LogP) is 1.71. The van der Waals surface area contributed by atoms with Gasteiger partial charge in [-0.1, -0.05) is 0 Å². The van der Waals surface area contributed by atoms with Crippen molar-refractivity contribution in [2.75, 3.05) is 0 Å². The molecule has 6 heteroatoms. The summed E-state index contributed by atoms with van der Waals surface area (Å²) in [5.74, 6) is 1.58. The van der Waals surface area contributed by atoms with Crippen LogP contribution in [0.25, 0.3) is 0 Å². The van der Waals surface area contributed by atoms with E-state index in [1.807, 2.05) is 0 Å². The molecule has 0 unspecified atom stereocenters. The fourth-order valence-corrected chi connectivity index (χ4v) is 1.27. The predicted molar refractivity (Wildman–Crippen MR) is 66.2 cm³/mol. The molecule has 0 bridgehead atoms. The Morgan fingerprint density at radius 3 is 1.11 bits per heavy atom. The Labute approximate surface area is 105 Å². The summed E-state index contributed by atoms with van der Waals surface area (Å²) in [7, 11) is 0. The Balaban J connectivity index is 2.94. The molecule has 1 rings (SSSR count). The summed E-state index contributed by atoms with van der Waals surface area (Å²) in [4.78, 5) is 12.5. The van der Waals surface area contributed by atoms with Crippen LogP contribution in [0.15, 0.2) is 37.0 Å². The average Bonchev–Trinajstić information content (AvgIpc) is 2.40. The Morgan fingerprint density at radius 2 is 0.889 bits per heavy atom. The molecule has 0 saturated heterocycles. The number of aliphatic hydroxyl groups is 3. The van der Waals surface area contributed by atoms with Crippen molar-refractivity contribution in [1.82, 2.24) is 15.0 Å². The van der Waals surface area contributed by atoms with Crippen LogP contribution in [0, 0.1) is 0 Å². The van der Waals surface area contributed by atoms with Gasteiger partial charge in [-0.2, -0.15) is 0 Å². The summed E-state index contributed by atoms with van der Waals surface area (Å²) in [6, 6.07) is 0. The topological polar surface area (TPSA) is 99.4 Å². The van der Waals surface area contributed by atoms with E-state index >= 15 is 0 Å². The molecule has 0 fully saturated rings. The molecular weight excluding hydrogens is 234 g/mol. The lowest BCUT2D eigenvalue weighted by Crippen LogP contribution is -2.06. The second kappa shape index (κ2) is 7.83. The lowest BCUT2D eigenvalue weighted by Gasteiger charge is -2.03. The molecule has 1 aromatic rings. The minimum Gasteiger partial charge on any atom is -0.516 e. The van der Waals surface area contributed by atoms with Gasteiger partial charge < -0.3 is 15.3 Å². The van der Waals surface area contributed by atoms with Crippen molar-refractivity contribution in [3.8, 4) is 0 Å². The Hall–Kier alpha value is -2.37. The van der Waals surface area contributed by atoms with Crippen molar-refractivity contribution in [3.63, 3.8) is 0 Å². The molecule has 0 radical (unpaired) electrons. The van der Waals surface area contributed by atoms with Gasteiger partial charge in [-0.05, 0) is 18.2 Å². The summed E-state index contributed by atoms with van der Waals surface area (Å²) in [5.41, 5.74) is 0. The monoisotopic (exact) mass is 249 g/mol. The van der Waals surface area contributed by atoms with Gasteiger partial charge in [0.15, 0.2) is 0 Å². The number of aromatic nitrogens is 3. The second-order valence-electron chi connectivity index (χ2n) is 3.35. The highest BCUT2D eigenvalue weighted by Crippen LogP contribution is 2.01. The van der Waals surface area contributed by atoms with Gasteiger partial charge in [0, 0.05) is 19.3 Å². The normalized spacial score (nSPS) is 12.0. The number of aliphatic hydroxyl groups excluding tert-OH is 3. The minimum absolute atomic E-state index is 0.394. The summed E-state index contributed by atoms with van der Waals surface area (Å²) >= 11 is 0. The van der Waals surface area contributed by atoms with Crippen LogP contribution in [0.5, 0.6) is 0 Å². The van der Waals surface area contributed by atoms with Crippen molar-refractivity contribution >= 4 is 0 Å². The third-order valence-corrected chi connectivity index (χ3v) is 1.99. The first-order valence-corrected chi connectivity index (χ1v) is 5.40. The maximum absolute atomic E-state index is 8.61. The largest absolute Gasteiger partial charge is 0.516 e. The molecule has 0 atom stereocenters. The van der Waals surface area contributed by atoms with Crippen LogP contribution in [0.2, 0.25) is 0 Å². The van der Waals surface area contributed by atoms with Crippen molar-refractivity contribution in [3.05, 3.63) is 54.5 Å². The Bertz CT molecular complexity index is 377. The number of allylic oxidation sites excluding steroid dienone is 3. The molecule has 0 spiro atoms. The van der Waals surface area contributed by atoms with Crippen LogP contribution in [-0.4, -0.2) is 30.3 Å². The summed E-state index contributed by atoms with van der Waals surface area (Å²) in [5, 5.41) is 25.8. The second-order valence-corrected chi connectivity index (χ2v) is 3.35. The number of hydrogen-bond donors (Lipinski definition) is 3. The van der Waals surface area contributed by atoms with Crippen molar-refractivity contribution in [2.45, 2.75) is 19.3 Å². The minimum atomic E-state index is 0.394. The molecule has 1 heterocycles. The van der Waals surface area contributed by atoms with Crippen LogP contribution in [0.3, 0.4) is 0 Å². The quantitative estimate of drug-likeness (QED) is 0.664. The van der Waals surface area contributed by atoms with Gasteiger partial charge in [0.2, 0.25) is 0 Å². The van der Waals surface area contributed by atoms with Gasteiger partial charge in [0.1, 0.15) is 17.5 Å². The first-order valence-electron chi connectivity index (χ1n) is 5.40. The van der Waals surface area contributed by atoms with Gasteiger partial charge >= 0.3 is 0 Å². The van der Waals surface area contributed by atoms with Gasteiger partial charge in [-0.25, -0.2) is 15.0 Å². The van der Waals surface area contributed by atoms with E-state index in [1.54, 1.807) is 0 Å². The van der Waals surface area contributed by atoms with Crippen LogP contribution in [0.4, 0.5) is 0 Å². The summed E-state index contributed by atoms with van der Waals surface area (Å²) < 4.78 is 0. The molecular formula is C12H15N3O3. The maximum atomic E-state index is 8.61. The molecule has 6 nitrogen and oxygen atoms in total. The molecule has 1 aromatic heterocycles. The smallest absolute Gasteiger partial charge is 0.136 e. The van der Waals surface area contributed by atoms with Crippen LogP contribution < -0.4 is 0 Å². The molecule has 0 aliphatic rings. The SMILES string of the molecule is OC=CCc1nc(CC=CO)nc(CC=CO)n1. The number of nitrogens with zero attached hydrogens (tertiary/aromatic N) is 3. The molecule has 0 aromatic carbocycles. The Kier molecular flexibility index (Phi) is 5.96. The van der Waals surface area contributed by atoms with E-state index in [9.17, 15) is 0 Å². The highest BCUT2D eigenvalue weighted by molar-refractivity contribution is 5.05. The van der Waals surface area contributed by atoms with E-state index in [0.29, 0.717) is 36.7 Å². The van der Waals surface area contributed by atoms with Gasteiger partial charge in [0.05, 0.1) is 18.8 Å². The van der Waals surface area contributed by atoms with Crippen LogP contribution >= 0.6 is 0 Å². The number of hydrogen-bond acceptors (Lipinski definition) is 6. The lowest BCUT2D eigenvalue weighted by molar-refractivity contribution is 0.471. The third kappa shape index (κ3) is 4.65. The Morgan fingerprint density at radius 1 is 0.611 bits per heavy atom. The van der Waals surface area contributed by atoms with Gasteiger partial charge in [-0.3, -0.25) is 0 Å². The lowest BCUT2D eigenvalue weighted by atomic mass is 10.3. The van der Waals surface area contributed by atoms with Crippen LogP contribution in [-0.2, 0) is 19.3 Å². The average molecular weight is 249 g/mol. The zero-order chi connectivity index (χ0) is 13.2. The molecule has 0 amide bonds. The van der Waals surface area contributed by atoms with E-state index in [1.165, 1.54) is 18.2 Å². The molecule has 0 saturated carbocycles. The standard InChI is InChI=1S/C12H15N3O3/c16-7-1-4-10-13-11(5-2-8-17)15-12(14-10)6-3-9-18/h1-3,7-9,16-18H,4-6H2. The van der Waals surface area contributed by atoms with E-state index in [-0.39, 0.29) is 0 Å². The molecule has 0 aliphatic heterocycles. The van der Waals surface area contributed by atoms with E-state index in [0.717, 1.165) is 18.8 Å². The zero-order valence-electron chi connectivity index (χ0n) is 9.77. The van der Waals surface area contributed by atoms with Crippen molar-refractivity contribution < 1.29 is 15.3 Å². The zero-order valence-corrected chi connectivity index (χ0v) is 9.77. The number of rotatable bonds is 6. The van der Waals surface area contributed by atoms with Crippen molar-refractivity contribution in [1.29, 1.82) is 0 Å². The summed E-state index contributed by atoms with van der Waals surface area (Å²) in [6.07, 6.45) is 8.55. The molecule has 3 N–H and O–H groups in total. The first-order chi connectivity index (χ1) is 8.80. The summed E-state index contributed by atoms with van der Waals surface area (Å²) in [6.45, 7) is 0. The van der Waals surface area contributed by atoms with E-state index in [4.69, 9.17) is 15.3 Å². The fraction of sp³-hybridized carbons (Fsp3) is 0.250. The first kappa shape index (κ1) is 13.7. The maximum Gasteiger partial charge on any atom is 0.136 e. The van der Waals surface area contributed by atoms with E-state index in [2.05, 4.69) is 15.0 Å². The van der Waals surface area contributed by atoms with Crippen molar-refractivity contribution in [2.24, 2.45) is 0 Å². The highest BCUT2D eigenvalue weighted by atomic mass is 16.2. The molecule has 96 valence electrons. The van der Waals surface area contributed by atoms with Crippen LogP contribution in [0.1, 0.15) is 17.5 Å². The molecule has 18 heavy (non-hydrogen) atoms.